The Hall–Kier alpha value is -6.45. The molecule has 6 aromatic carbocycles. The second-order valence-corrected chi connectivity index (χ2v) is 11.7. The molecule has 0 aliphatic carbocycles. The van der Waals surface area contributed by atoms with Crippen molar-refractivity contribution in [1.82, 2.24) is 9.13 Å². The molecule has 0 radical (unpaired) electrons. The maximum Gasteiger partial charge on any atom is 0.266 e. The molecule has 0 saturated heterocycles. The maximum atomic E-state index is 13.4. The zero-order chi connectivity index (χ0) is 31.1. The molecule has 2 aromatic heterocycles. The lowest BCUT2D eigenvalue weighted by molar-refractivity contribution is 0.0926. The Morgan fingerprint density at radius 2 is 1.04 bits per heavy atom. The number of benzene rings is 6. The lowest BCUT2D eigenvalue weighted by Crippen LogP contribution is -2.29. The molecule has 6 heteroatoms. The van der Waals surface area contributed by atoms with Crippen LogP contribution in [0.3, 0.4) is 0 Å². The Morgan fingerprint density at radius 1 is 0.522 bits per heavy atom. The highest BCUT2D eigenvalue weighted by Gasteiger charge is 2.36. The summed E-state index contributed by atoms with van der Waals surface area (Å²) in [7, 11) is 0. The smallest absolute Gasteiger partial charge is 0.266 e. The fourth-order valence-electron chi connectivity index (χ4n) is 7.02. The van der Waals surface area contributed by atoms with Crippen molar-refractivity contribution in [2.24, 2.45) is 0 Å². The molecule has 3 heterocycles. The normalized spacial score (nSPS) is 12.9. The van der Waals surface area contributed by atoms with Crippen LogP contribution in [-0.4, -0.2) is 20.9 Å². The Bertz CT molecular complexity index is 2620. The van der Waals surface area contributed by atoms with Gasteiger partial charge in [0.2, 0.25) is 0 Å². The molecule has 1 aliphatic heterocycles. The number of imide groups is 1. The minimum atomic E-state index is -0.371. The standard InChI is InChI=1S/C40H24N4O2/c1-24-14-17-26(18-15-24)42-34-12-6-4-8-28(34)32-22-38-33(21-37(32)42)29-9-5-7-13-35(29)44(38)36-20-27(19-16-25(36)23-41)43-39(45)30-10-2-3-11-31(30)40(43)46/h2-22H,1H3. The van der Waals surface area contributed by atoms with Crippen LogP contribution >= 0.6 is 0 Å². The first-order chi connectivity index (χ1) is 22.5. The van der Waals surface area contributed by atoms with Crippen LogP contribution in [-0.2, 0) is 0 Å². The van der Waals surface area contributed by atoms with Crippen molar-refractivity contribution >= 4 is 61.1 Å². The maximum absolute atomic E-state index is 13.4. The molecule has 0 atom stereocenters. The van der Waals surface area contributed by atoms with Crippen LogP contribution in [0.2, 0.25) is 0 Å². The molecule has 0 saturated carbocycles. The Morgan fingerprint density at radius 3 is 1.65 bits per heavy atom. The van der Waals surface area contributed by atoms with Crippen molar-refractivity contribution in [3.05, 3.63) is 150 Å². The SMILES string of the molecule is Cc1ccc(-n2c3ccccc3c3cc4c(cc32)c2ccccc2n4-c2cc(N3C(=O)c4ccccc4C3=O)ccc2C#N)cc1. The van der Waals surface area contributed by atoms with Crippen LogP contribution in [0, 0.1) is 18.3 Å². The summed E-state index contributed by atoms with van der Waals surface area (Å²) >= 11 is 0. The van der Waals surface area contributed by atoms with Gasteiger partial charge in [-0.1, -0.05) is 66.2 Å². The number of nitriles is 1. The minimum Gasteiger partial charge on any atom is -0.309 e. The van der Waals surface area contributed by atoms with Crippen LogP contribution in [0.5, 0.6) is 0 Å². The number of aryl methyl sites for hydroxylation is 1. The van der Waals surface area contributed by atoms with Gasteiger partial charge in [-0.05, 0) is 73.7 Å². The third-order valence-electron chi connectivity index (χ3n) is 9.15. The lowest BCUT2D eigenvalue weighted by atomic mass is 10.1. The number of para-hydroxylation sites is 2. The number of carbonyl (C=O) groups excluding carboxylic acids is 2. The highest BCUT2D eigenvalue weighted by atomic mass is 16.2. The van der Waals surface area contributed by atoms with E-state index in [1.165, 1.54) is 10.5 Å². The predicted molar refractivity (Wildman–Crippen MR) is 182 cm³/mol. The zero-order valence-corrected chi connectivity index (χ0v) is 24.7. The van der Waals surface area contributed by atoms with E-state index in [2.05, 4.69) is 88.9 Å². The van der Waals surface area contributed by atoms with Gasteiger partial charge in [0.1, 0.15) is 6.07 Å². The number of hydrogen-bond acceptors (Lipinski definition) is 3. The summed E-state index contributed by atoms with van der Waals surface area (Å²) in [4.78, 5) is 28.1. The van der Waals surface area contributed by atoms with Gasteiger partial charge < -0.3 is 9.13 Å². The summed E-state index contributed by atoms with van der Waals surface area (Å²) in [6, 6.07) is 43.9. The van der Waals surface area contributed by atoms with Gasteiger partial charge in [-0.15, -0.1) is 0 Å². The second kappa shape index (κ2) is 9.52. The van der Waals surface area contributed by atoms with Gasteiger partial charge in [-0.2, -0.15) is 5.26 Å². The van der Waals surface area contributed by atoms with Gasteiger partial charge >= 0.3 is 0 Å². The number of carbonyl (C=O) groups is 2. The first-order valence-corrected chi connectivity index (χ1v) is 15.1. The molecule has 0 fully saturated rings. The predicted octanol–water partition coefficient (Wildman–Crippen LogP) is 8.86. The van der Waals surface area contributed by atoms with Crippen LogP contribution < -0.4 is 4.90 Å². The van der Waals surface area contributed by atoms with Crippen LogP contribution in [0.4, 0.5) is 5.69 Å². The van der Waals surface area contributed by atoms with E-state index in [9.17, 15) is 14.9 Å². The van der Waals surface area contributed by atoms with Gasteiger partial charge in [0.25, 0.3) is 11.8 Å². The van der Waals surface area contributed by atoms with Gasteiger partial charge in [0.15, 0.2) is 0 Å². The van der Waals surface area contributed by atoms with Crippen LogP contribution in [0.15, 0.2) is 127 Å². The fourth-order valence-corrected chi connectivity index (χ4v) is 7.02. The van der Waals surface area contributed by atoms with E-state index >= 15 is 0 Å². The number of amides is 2. The topological polar surface area (TPSA) is 71.0 Å². The summed E-state index contributed by atoms with van der Waals surface area (Å²) in [5.41, 5.74) is 8.54. The second-order valence-electron chi connectivity index (χ2n) is 11.7. The average molecular weight is 593 g/mol. The molecular weight excluding hydrogens is 568 g/mol. The van der Waals surface area contributed by atoms with E-state index < -0.39 is 0 Å². The van der Waals surface area contributed by atoms with Gasteiger partial charge in [-0.25, -0.2) is 4.90 Å². The fraction of sp³-hybridized carbons (Fsp3) is 0.0250. The number of aromatic nitrogens is 2. The van der Waals surface area contributed by atoms with Crippen molar-refractivity contribution < 1.29 is 9.59 Å². The number of rotatable bonds is 3. The Balaban J connectivity index is 1.35. The summed E-state index contributed by atoms with van der Waals surface area (Å²) in [6.45, 7) is 2.09. The van der Waals surface area contributed by atoms with Crippen molar-refractivity contribution in [1.29, 1.82) is 5.26 Å². The summed E-state index contributed by atoms with van der Waals surface area (Å²) < 4.78 is 4.39. The number of anilines is 1. The third kappa shape index (κ3) is 3.51. The minimum absolute atomic E-state index is 0.371. The quantitative estimate of drug-likeness (QED) is 0.192. The molecule has 6 nitrogen and oxygen atoms in total. The van der Waals surface area contributed by atoms with Crippen molar-refractivity contribution in [2.45, 2.75) is 6.92 Å². The van der Waals surface area contributed by atoms with E-state index in [-0.39, 0.29) is 11.8 Å². The molecule has 2 amide bonds. The molecule has 1 aliphatic rings. The largest absolute Gasteiger partial charge is 0.309 e. The van der Waals surface area contributed by atoms with Crippen LogP contribution in [0.1, 0.15) is 31.8 Å². The number of fused-ring (bicyclic) bond motifs is 7. The number of nitrogens with zero attached hydrogens (tertiary/aromatic N) is 4. The molecule has 46 heavy (non-hydrogen) atoms. The highest BCUT2D eigenvalue weighted by Crippen LogP contribution is 2.41. The molecule has 0 unspecified atom stereocenters. The van der Waals surface area contributed by atoms with Crippen molar-refractivity contribution in [3.8, 4) is 17.4 Å². The van der Waals surface area contributed by atoms with Crippen molar-refractivity contribution in [2.75, 3.05) is 4.90 Å². The first-order valence-electron chi connectivity index (χ1n) is 15.1. The van der Waals surface area contributed by atoms with E-state index in [1.807, 2.05) is 18.2 Å². The molecule has 216 valence electrons. The number of hydrogen-bond donors (Lipinski definition) is 0. The summed E-state index contributed by atoms with van der Waals surface area (Å²) in [5.74, 6) is -0.742. The highest BCUT2D eigenvalue weighted by molar-refractivity contribution is 6.34. The Kier molecular flexibility index (Phi) is 5.38. The molecule has 9 rings (SSSR count). The van der Waals surface area contributed by atoms with E-state index in [0.717, 1.165) is 49.3 Å². The van der Waals surface area contributed by atoms with Gasteiger partial charge in [0, 0.05) is 27.2 Å². The van der Waals surface area contributed by atoms with E-state index in [0.29, 0.717) is 28.1 Å². The zero-order valence-electron chi connectivity index (χ0n) is 24.7. The van der Waals surface area contributed by atoms with E-state index in [4.69, 9.17) is 0 Å². The third-order valence-corrected chi connectivity index (χ3v) is 9.15. The average Bonchev–Trinajstić information content (AvgIpc) is 3.68. The molecule has 0 spiro atoms. The van der Waals surface area contributed by atoms with Gasteiger partial charge in [0.05, 0.1) is 50.1 Å². The lowest BCUT2D eigenvalue weighted by Gasteiger charge is -2.17. The monoisotopic (exact) mass is 592 g/mol. The van der Waals surface area contributed by atoms with Gasteiger partial charge in [-0.3, -0.25) is 9.59 Å². The molecule has 8 aromatic rings. The molecule has 0 N–H and O–H groups in total. The summed E-state index contributed by atoms with van der Waals surface area (Å²) in [5, 5.41) is 14.6. The molecule has 0 bridgehead atoms. The van der Waals surface area contributed by atoms with Crippen molar-refractivity contribution in [3.63, 3.8) is 0 Å². The van der Waals surface area contributed by atoms with Crippen LogP contribution in [0.25, 0.3) is 55.0 Å². The summed E-state index contributed by atoms with van der Waals surface area (Å²) in [6.07, 6.45) is 0. The Labute approximate surface area is 263 Å². The molecular formula is C40H24N4O2. The first kappa shape index (κ1) is 26.0. The van der Waals surface area contributed by atoms with E-state index in [1.54, 1.807) is 42.5 Å².